The zero-order valence-electron chi connectivity index (χ0n) is 23.1. The van der Waals surface area contributed by atoms with Gasteiger partial charge in [0, 0.05) is 41.0 Å². The first-order valence-corrected chi connectivity index (χ1v) is 15.0. The number of nitrogens with zero attached hydrogens (tertiary/aromatic N) is 3. The molecule has 0 spiro atoms. The van der Waals surface area contributed by atoms with Crippen LogP contribution in [0.15, 0.2) is 93.6 Å². The van der Waals surface area contributed by atoms with Crippen molar-refractivity contribution in [1.29, 1.82) is 0 Å². The number of aliphatic hydroxyl groups excluding tert-OH is 1. The molecule has 0 saturated carbocycles. The fourth-order valence-corrected chi connectivity index (χ4v) is 5.61. The van der Waals surface area contributed by atoms with Crippen molar-refractivity contribution in [3.05, 3.63) is 106 Å². The smallest absolute Gasteiger partial charge is 0.270 e. The van der Waals surface area contributed by atoms with Crippen molar-refractivity contribution in [2.24, 2.45) is 10.7 Å². The van der Waals surface area contributed by atoms with Gasteiger partial charge in [-0.2, -0.15) is 11.3 Å². The summed E-state index contributed by atoms with van der Waals surface area (Å²) in [6.07, 6.45) is 1.60. The number of hydrogen-bond donors (Lipinski definition) is 4. The van der Waals surface area contributed by atoms with Crippen LogP contribution in [-0.4, -0.2) is 52.9 Å². The van der Waals surface area contributed by atoms with E-state index >= 15 is 0 Å². The lowest BCUT2D eigenvalue weighted by Gasteiger charge is -2.12. The van der Waals surface area contributed by atoms with Crippen molar-refractivity contribution < 1.29 is 14.7 Å². The van der Waals surface area contributed by atoms with E-state index in [0.29, 0.717) is 28.5 Å². The van der Waals surface area contributed by atoms with Crippen molar-refractivity contribution in [3.8, 4) is 11.3 Å². The summed E-state index contributed by atoms with van der Waals surface area (Å²) in [4.78, 5) is 34.0. The molecule has 42 heavy (non-hydrogen) atoms. The Hall–Kier alpha value is -4.13. The summed E-state index contributed by atoms with van der Waals surface area (Å²) >= 11 is 3.08. The zero-order valence-corrected chi connectivity index (χ0v) is 24.7. The van der Waals surface area contributed by atoms with E-state index in [-0.39, 0.29) is 12.5 Å². The number of nitrogens with two attached hydrogens (primary N) is 1. The van der Waals surface area contributed by atoms with Crippen LogP contribution in [0.3, 0.4) is 0 Å². The Morgan fingerprint density at radius 2 is 2.02 bits per heavy atom. The number of thioether (sulfide) groups is 1. The summed E-state index contributed by atoms with van der Waals surface area (Å²) in [7, 11) is 1.93. The Morgan fingerprint density at radius 1 is 1.21 bits per heavy atom. The number of imidazole rings is 1. The van der Waals surface area contributed by atoms with Gasteiger partial charge >= 0.3 is 0 Å². The first-order valence-electron chi connectivity index (χ1n) is 13.1. The summed E-state index contributed by atoms with van der Waals surface area (Å²) < 4.78 is 1.61. The maximum Gasteiger partial charge on any atom is 0.270 e. The zero-order chi connectivity index (χ0) is 29.9. The number of pyridine rings is 1. The van der Waals surface area contributed by atoms with Gasteiger partial charge < -0.3 is 21.5 Å². The fourth-order valence-electron chi connectivity index (χ4n) is 4.27. The first kappa shape index (κ1) is 30.8. The van der Waals surface area contributed by atoms with Gasteiger partial charge in [0.2, 0.25) is 0 Å². The maximum atomic E-state index is 13.0. The van der Waals surface area contributed by atoms with Gasteiger partial charge in [0.25, 0.3) is 5.91 Å². The normalized spacial score (nSPS) is 11.4. The Labute approximate surface area is 252 Å². The van der Waals surface area contributed by atoms with Gasteiger partial charge in [0.1, 0.15) is 17.0 Å². The number of fused-ring (bicyclic) bond motifs is 1. The third-order valence-electron chi connectivity index (χ3n) is 6.27. The third-order valence-corrected chi connectivity index (χ3v) is 7.76. The summed E-state index contributed by atoms with van der Waals surface area (Å²) in [5.41, 5.74) is 10.8. The molecule has 216 valence electrons. The summed E-state index contributed by atoms with van der Waals surface area (Å²) in [6.45, 7) is 4.45. The molecule has 3 heterocycles. The minimum atomic E-state index is -0.820. The van der Waals surface area contributed by atoms with Crippen molar-refractivity contribution in [3.63, 3.8) is 0 Å². The Bertz CT molecular complexity index is 1640. The molecular formula is C31H32N6O3S2. The number of benzene rings is 2. The molecule has 1 atom stereocenters. The van der Waals surface area contributed by atoms with E-state index in [1.807, 2.05) is 54.2 Å². The molecule has 5 rings (SSSR count). The largest absolute Gasteiger partial charge is 0.387 e. The van der Waals surface area contributed by atoms with Crippen LogP contribution in [0.4, 0.5) is 5.69 Å². The number of rotatable bonds is 11. The van der Waals surface area contributed by atoms with Gasteiger partial charge in [0.05, 0.1) is 17.4 Å². The van der Waals surface area contributed by atoms with E-state index in [0.717, 1.165) is 34.5 Å². The van der Waals surface area contributed by atoms with E-state index in [4.69, 9.17) is 5.73 Å². The first-order chi connectivity index (χ1) is 20.5. The lowest BCUT2D eigenvalue weighted by atomic mass is 10.1. The predicted molar refractivity (Wildman–Crippen MR) is 171 cm³/mol. The van der Waals surface area contributed by atoms with Crippen LogP contribution in [0.5, 0.6) is 0 Å². The molecule has 0 bridgehead atoms. The third kappa shape index (κ3) is 7.38. The number of nitrogens with one attached hydrogen (secondary N) is 2. The van der Waals surface area contributed by atoms with Gasteiger partial charge in [-0.05, 0) is 60.6 Å². The lowest BCUT2D eigenvalue weighted by Crippen LogP contribution is -2.29. The predicted octanol–water partition coefficient (Wildman–Crippen LogP) is 5.09. The van der Waals surface area contributed by atoms with E-state index in [1.165, 1.54) is 16.9 Å². The second kappa shape index (κ2) is 15.2. The molecule has 1 unspecified atom stereocenters. The highest BCUT2D eigenvalue weighted by Gasteiger charge is 2.23. The number of hydrogen-bond acceptors (Lipinski definition) is 9. The van der Waals surface area contributed by atoms with E-state index in [2.05, 4.69) is 33.4 Å². The molecular weight excluding hydrogens is 569 g/mol. The second-order valence-corrected chi connectivity index (χ2v) is 10.9. The molecule has 3 aromatic heterocycles. The van der Waals surface area contributed by atoms with Gasteiger partial charge in [0.15, 0.2) is 6.29 Å². The number of thiophene rings is 1. The number of aliphatic imine (C=N–C) groups is 1. The van der Waals surface area contributed by atoms with Crippen molar-refractivity contribution in [2.75, 3.05) is 19.5 Å². The molecule has 5 aromatic rings. The van der Waals surface area contributed by atoms with Crippen LogP contribution in [0.2, 0.25) is 0 Å². The minimum Gasteiger partial charge on any atom is -0.387 e. The van der Waals surface area contributed by atoms with E-state index < -0.39 is 6.10 Å². The van der Waals surface area contributed by atoms with Crippen LogP contribution in [0, 0.1) is 0 Å². The topological polar surface area (TPSA) is 134 Å². The Morgan fingerprint density at radius 3 is 2.69 bits per heavy atom. The maximum absolute atomic E-state index is 13.0. The van der Waals surface area contributed by atoms with Gasteiger partial charge in [-0.25, -0.2) is 4.98 Å². The Balaban J connectivity index is 0.000000244. The average molecular weight is 601 g/mol. The molecule has 0 saturated heterocycles. The van der Waals surface area contributed by atoms with Crippen LogP contribution < -0.4 is 16.4 Å². The summed E-state index contributed by atoms with van der Waals surface area (Å²) in [5, 5.41) is 20.0. The molecule has 2 aromatic carbocycles. The Kier molecular flexibility index (Phi) is 11.2. The van der Waals surface area contributed by atoms with Gasteiger partial charge in [-0.15, -0.1) is 11.8 Å². The molecule has 9 nitrogen and oxygen atoms in total. The van der Waals surface area contributed by atoms with Crippen molar-refractivity contribution >= 4 is 53.3 Å². The molecule has 11 heteroatoms. The van der Waals surface area contributed by atoms with Crippen LogP contribution in [-0.2, 0) is 6.54 Å². The summed E-state index contributed by atoms with van der Waals surface area (Å²) in [6, 6.07) is 20.5. The molecule has 0 aliphatic heterocycles. The van der Waals surface area contributed by atoms with E-state index in [1.54, 1.807) is 46.6 Å². The van der Waals surface area contributed by atoms with Gasteiger partial charge in [-0.1, -0.05) is 36.4 Å². The molecule has 0 aliphatic rings. The lowest BCUT2D eigenvalue weighted by molar-refractivity contribution is 0.0911. The van der Waals surface area contributed by atoms with Crippen LogP contribution in [0.25, 0.3) is 16.9 Å². The van der Waals surface area contributed by atoms with Gasteiger partial charge in [-0.3, -0.25) is 19.0 Å². The van der Waals surface area contributed by atoms with Crippen molar-refractivity contribution in [1.82, 2.24) is 20.0 Å². The van der Waals surface area contributed by atoms with Crippen LogP contribution >= 0.6 is 23.1 Å². The molecule has 0 fully saturated rings. The highest BCUT2D eigenvalue weighted by molar-refractivity contribution is 7.99. The SMILES string of the molecule is C=Nc1ccc(CNC)cc1SCN.O=Cc1cccn2c(C(=O)NCC(O)c3ccccc3)c(-c3ccsc3)nc12. The quantitative estimate of drug-likeness (QED) is 0.0719. The number of aldehydes is 1. The molecule has 0 radical (unpaired) electrons. The highest BCUT2D eigenvalue weighted by atomic mass is 32.2. The molecule has 0 aliphatic carbocycles. The fraction of sp³-hybridized carbons (Fsp3) is 0.161. The minimum absolute atomic E-state index is 0.0620. The number of aliphatic hydroxyl groups is 1. The number of carbonyl (C=O) groups excluding carboxylic acids is 2. The molecule has 1 amide bonds. The number of carbonyl (C=O) groups is 2. The van der Waals surface area contributed by atoms with E-state index in [9.17, 15) is 14.7 Å². The standard InChI is InChI=1S/C21H17N3O3S.C10H15N3S/c25-12-15-7-4-9-24-19(18(23-20(15)24)16-8-10-28-13-16)21(27)22-11-17(26)14-5-2-1-3-6-14;1-12-6-8-3-4-9(13-2)10(5-8)14-7-11/h1-10,12-13,17,26H,11H2,(H,22,27);3-5,12H,2,6-7,11H2,1H3. The monoisotopic (exact) mass is 600 g/mol. The number of aromatic nitrogens is 2. The summed E-state index contributed by atoms with van der Waals surface area (Å²) in [5.74, 6) is 0.192. The van der Waals surface area contributed by atoms with Crippen LogP contribution in [0.1, 0.15) is 38.1 Å². The average Bonchev–Trinajstić information content (AvgIpc) is 3.69. The second-order valence-electron chi connectivity index (χ2n) is 9.03. The molecule has 5 N–H and O–H groups in total. The number of amides is 1. The van der Waals surface area contributed by atoms with Crippen molar-refractivity contribution in [2.45, 2.75) is 17.5 Å². The highest BCUT2D eigenvalue weighted by Crippen LogP contribution is 2.30.